The summed E-state index contributed by atoms with van der Waals surface area (Å²) in [6, 6.07) is 6.19. The number of aliphatic hydroxyl groups is 4. The number of amides is 9. The third-order valence-corrected chi connectivity index (χ3v) is 19.6. The molecule has 6 rings (SSSR count). The van der Waals surface area contributed by atoms with Crippen molar-refractivity contribution in [2.75, 3.05) is 98.3 Å². The zero-order valence-corrected chi connectivity index (χ0v) is 64.5. The largest absolute Gasteiger partial charge is 0.508 e. The quantitative estimate of drug-likeness (QED) is 0.00864. The van der Waals surface area contributed by atoms with E-state index in [0.29, 0.717) is 40.4 Å². The third kappa shape index (κ3) is 33.2. The minimum Gasteiger partial charge on any atom is -0.508 e. The molecule has 2 heterocycles. The highest BCUT2D eigenvalue weighted by Crippen LogP contribution is 2.28. The van der Waals surface area contributed by atoms with E-state index in [1.54, 1.807) is 84.4 Å². The number of aliphatic carboxylic acids is 4. The second kappa shape index (κ2) is 47.7. The van der Waals surface area contributed by atoms with Gasteiger partial charge in [-0.3, -0.25) is 82.5 Å². The van der Waals surface area contributed by atoms with Gasteiger partial charge < -0.3 is 110 Å². The predicted octanol–water partition coefficient (Wildman–Crippen LogP) is -4.21. The Kier molecular flexibility index (Phi) is 38.5. The van der Waals surface area contributed by atoms with Crippen LogP contribution in [0.25, 0.3) is 10.9 Å². The first kappa shape index (κ1) is 92.9. The second-order valence-corrected chi connectivity index (χ2v) is 29.3. The molecule has 9 amide bonds. The fourth-order valence-electron chi connectivity index (χ4n) is 13.6. The Balaban J connectivity index is 1.24. The molecule has 39 nitrogen and oxygen atoms in total. The number of hydrogen-bond donors (Lipinski definition) is 22. The highest BCUT2D eigenvalue weighted by Gasteiger charge is 2.38. The number of H-pyrrole nitrogens is 1. The zero-order valence-electron chi connectivity index (χ0n) is 64.5. The van der Waals surface area contributed by atoms with Gasteiger partial charge in [0.25, 0.3) is 0 Å². The van der Waals surface area contributed by atoms with Crippen molar-refractivity contribution < 1.29 is 108 Å². The SMILES string of the molecule is CC(C)C[C@@H](NC(=O)[C@H](Cc1ccc(O)cc1)NC(=O)C(CCCNC(=N)N)NC(=O)C(CO)NC(=O)C(Cc1ccccc1)NC(=O)[C@H](CC1CCCCC1)NC(=O)[C@@H](CC(O)O)NC(=O)CN1CCN(CC(=O)O)CCN(CC(=O)O)CCN(CC(=O)O)CC1)C(=O)N[C@@H](Cc1c[nH]c2ccccc12)C(=O)N[C@@H](CO)C(=O)O. The van der Waals surface area contributed by atoms with Crippen LogP contribution in [0.15, 0.2) is 85.1 Å². The highest BCUT2D eigenvalue weighted by molar-refractivity contribution is 5.99. The number of phenolic OH excluding ortho intramolecular Hbond substituents is 1. The van der Waals surface area contributed by atoms with E-state index in [4.69, 9.17) is 11.1 Å². The van der Waals surface area contributed by atoms with Gasteiger partial charge >= 0.3 is 23.9 Å². The molecule has 4 aromatic rings. The average Bonchev–Trinajstić information content (AvgIpc) is 1.72. The second-order valence-electron chi connectivity index (χ2n) is 29.3. The molecule has 9 atom stereocenters. The van der Waals surface area contributed by atoms with E-state index in [0.717, 1.165) is 19.3 Å². The number of nitrogens with one attached hydrogen (secondary N) is 12. The smallest absolute Gasteiger partial charge is 0.328 e. The summed E-state index contributed by atoms with van der Waals surface area (Å²) in [6.45, 7) is 0.0362. The molecule has 1 aromatic heterocycles. The Hall–Kier alpha value is -10.9. The molecular weight excluding hydrogens is 1500 g/mol. The molecule has 632 valence electrons. The van der Waals surface area contributed by atoms with Crippen LogP contribution in [0.5, 0.6) is 5.75 Å². The Morgan fingerprint density at radius 2 is 0.887 bits per heavy atom. The minimum atomic E-state index is -2.21. The van der Waals surface area contributed by atoms with Crippen LogP contribution in [-0.2, 0) is 81.6 Å². The van der Waals surface area contributed by atoms with Crippen molar-refractivity contribution >= 4 is 93.9 Å². The van der Waals surface area contributed by atoms with E-state index < -0.39 is 189 Å². The van der Waals surface area contributed by atoms with E-state index in [1.165, 1.54) is 34.1 Å². The van der Waals surface area contributed by atoms with Crippen LogP contribution in [0.3, 0.4) is 0 Å². The topological polar surface area (TPSA) is 603 Å². The van der Waals surface area contributed by atoms with Gasteiger partial charge in [0, 0.05) is 102 Å². The van der Waals surface area contributed by atoms with Crippen LogP contribution in [-0.4, -0.2) is 313 Å². The lowest BCUT2D eigenvalue weighted by Crippen LogP contribution is -2.61. The molecule has 0 radical (unpaired) electrons. The van der Waals surface area contributed by atoms with Gasteiger partial charge in [-0.25, -0.2) is 4.79 Å². The maximum atomic E-state index is 15.0. The van der Waals surface area contributed by atoms with E-state index in [9.17, 15) is 108 Å². The summed E-state index contributed by atoms with van der Waals surface area (Å²) in [4.78, 5) is 188. The number of aromatic hydroxyl groups is 1. The van der Waals surface area contributed by atoms with Crippen LogP contribution in [0, 0.1) is 17.2 Å². The number of carbonyl (C=O) groups is 13. The van der Waals surface area contributed by atoms with Crippen molar-refractivity contribution in [3.05, 3.63) is 102 Å². The number of guanidine groups is 1. The molecule has 2 fully saturated rings. The van der Waals surface area contributed by atoms with Crippen molar-refractivity contribution in [2.24, 2.45) is 17.6 Å². The van der Waals surface area contributed by atoms with Crippen molar-refractivity contribution in [1.29, 1.82) is 5.41 Å². The maximum Gasteiger partial charge on any atom is 0.328 e. The summed E-state index contributed by atoms with van der Waals surface area (Å²) >= 11 is 0. The molecule has 3 unspecified atom stereocenters. The van der Waals surface area contributed by atoms with Gasteiger partial charge in [0.1, 0.15) is 60.1 Å². The van der Waals surface area contributed by atoms with Crippen LogP contribution >= 0.6 is 0 Å². The van der Waals surface area contributed by atoms with Gasteiger partial charge in [0.05, 0.1) is 39.4 Å². The molecule has 1 aliphatic carbocycles. The van der Waals surface area contributed by atoms with Crippen LogP contribution < -0.4 is 58.9 Å². The van der Waals surface area contributed by atoms with Crippen molar-refractivity contribution in [3.8, 4) is 5.75 Å². The first-order valence-electron chi connectivity index (χ1n) is 38.3. The number of rotatable bonds is 44. The molecule has 23 N–H and O–H groups in total. The number of carboxylic acid groups (broad SMARTS) is 4. The molecule has 39 heteroatoms. The zero-order chi connectivity index (χ0) is 84.3. The Bertz CT molecular complexity index is 3870. The lowest BCUT2D eigenvalue weighted by atomic mass is 9.84. The Labute approximate surface area is 664 Å². The Morgan fingerprint density at radius 1 is 0.478 bits per heavy atom. The lowest BCUT2D eigenvalue weighted by Gasteiger charge is -2.33. The third-order valence-electron chi connectivity index (χ3n) is 19.6. The number of carboxylic acids is 4. The fourth-order valence-corrected chi connectivity index (χ4v) is 13.6. The predicted molar refractivity (Wildman–Crippen MR) is 414 cm³/mol. The van der Waals surface area contributed by atoms with Gasteiger partial charge in [-0.2, -0.15) is 0 Å². The molecule has 0 bridgehead atoms. The standard InChI is InChI=1S/C76H111N17O22/c1-45(2)32-54(68(107)87-58(72(111)89-61(44-95)75(114)115)36-49-38-80-52-17-10-9-16-51(49)52)83-69(108)57(35-48-19-21-50(96)22-20-48)84-67(106)53(18-11-23-79-76(77)78)82-74(113)60(43-94)88-71(110)56(34-47-14-7-4-8-15-47)85-70(109)55(33-46-12-5-3-6-13-46)86-73(112)59(37-63(98)99)81-62(97)39-90-24-26-91(40-64(100)101)28-30-93(42-66(104)105)31-29-92(27-25-90)41-65(102)103/h4,7-10,14-17,19-22,38,45-46,53-61,63,80,94-96,98-99H,3,5-6,11-13,18,23-37,39-44H2,1-2H3,(H,81,97)(H,82,113)(H,83,108)(H,84,106)(H,85,109)(H,86,112)(H,87,107)(H,88,110)(H,89,111)(H,100,101)(H,102,103)(H,104,105)(H,114,115)(H4,77,78,79)/t53?,54-,55+,56?,57+,58+,59-,60?,61+/m1/s1. The lowest BCUT2D eigenvalue weighted by molar-refractivity contribution is -0.143. The normalized spacial score (nSPS) is 16.7. The fraction of sp³-hybridized carbons (Fsp3) is 0.553. The summed E-state index contributed by atoms with van der Waals surface area (Å²) < 4.78 is 0. The van der Waals surface area contributed by atoms with Crippen LogP contribution in [0.4, 0.5) is 0 Å². The van der Waals surface area contributed by atoms with E-state index in [1.807, 2.05) is 0 Å². The van der Waals surface area contributed by atoms with Crippen LogP contribution in [0.2, 0.25) is 0 Å². The summed E-state index contributed by atoms with van der Waals surface area (Å²) in [5.74, 6) is -15.1. The number of nitrogens with two attached hydrogens (primary N) is 1. The molecular formula is C76H111N17O22. The number of para-hydroxylation sites is 1. The monoisotopic (exact) mass is 1610 g/mol. The first-order valence-corrected chi connectivity index (χ1v) is 38.3. The van der Waals surface area contributed by atoms with Crippen molar-refractivity contribution in [1.82, 2.24) is 77.8 Å². The number of aliphatic hydroxyl groups excluding tert-OH is 3. The van der Waals surface area contributed by atoms with Crippen molar-refractivity contribution in [3.63, 3.8) is 0 Å². The number of aromatic amines is 1. The van der Waals surface area contributed by atoms with E-state index in [2.05, 4.69) is 58.2 Å². The first-order chi connectivity index (χ1) is 54.7. The number of phenols is 1. The average molecular weight is 1610 g/mol. The maximum absolute atomic E-state index is 15.0. The molecule has 3 aromatic carbocycles. The summed E-state index contributed by atoms with van der Waals surface area (Å²) in [6.07, 6.45) is 1.14. The summed E-state index contributed by atoms with van der Waals surface area (Å²) in [7, 11) is 0. The number of benzene rings is 3. The minimum absolute atomic E-state index is 0.00158. The van der Waals surface area contributed by atoms with Crippen LogP contribution in [0.1, 0.15) is 94.7 Å². The number of hydrogen-bond acceptors (Lipinski definition) is 23. The van der Waals surface area contributed by atoms with Crippen molar-refractivity contribution in [2.45, 2.75) is 158 Å². The summed E-state index contributed by atoms with van der Waals surface area (Å²) in [5.41, 5.74) is 7.63. The Morgan fingerprint density at radius 3 is 1.37 bits per heavy atom. The van der Waals surface area contributed by atoms with Gasteiger partial charge in [-0.1, -0.05) is 107 Å². The molecule has 115 heavy (non-hydrogen) atoms. The molecule has 1 aliphatic heterocycles. The van der Waals surface area contributed by atoms with E-state index >= 15 is 0 Å². The van der Waals surface area contributed by atoms with Gasteiger partial charge in [0.2, 0.25) is 53.2 Å². The molecule has 2 aliphatic rings. The highest BCUT2D eigenvalue weighted by atomic mass is 16.5. The van der Waals surface area contributed by atoms with E-state index in [-0.39, 0.29) is 121 Å². The number of aromatic nitrogens is 1. The molecule has 1 saturated heterocycles. The number of carbonyl (C=O) groups excluding carboxylic acids is 9. The number of fused-ring (bicyclic) bond motifs is 1. The molecule has 1 saturated carbocycles. The van der Waals surface area contributed by atoms with Gasteiger partial charge in [-0.05, 0) is 72.4 Å². The van der Waals surface area contributed by atoms with Gasteiger partial charge in [0.15, 0.2) is 12.2 Å². The number of nitrogens with zero attached hydrogens (tertiary/aromatic N) is 4. The summed E-state index contributed by atoms with van der Waals surface area (Å²) in [5, 5.41) is 125. The molecule has 0 spiro atoms. The van der Waals surface area contributed by atoms with Gasteiger partial charge in [-0.15, -0.1) is 0 Å².